The molecule has 0 spiro atoms. The number of aromatic nitrogens is 2. The highest BCUT2D eigenvalue weighted by molar-refractivity contribution is 9.10. The molecule has 0 radical (unpaired) electrons. The second kappa shape index (κ2) is 5.65. The Bertz CT molecular complexity index is 540. The summed E-state index contributed by atoms with van der Waals surface area (Å²) in [4.78, 5) is 11.3. The maximum atomic E-state index is 4.52. The number of fused-ring (bicyclic) bond motifs is 1. The Labute approximate surface area is 116 Å². The molecule has 0 aromatic carbocycles. The second-order valence-electron chi connectivity index (χ2n) is 4.64. The Hall–Kier alpha value is -1.16. The van der Waals surface area contributed by atoms with Gasteiger partial charge in [-0.05, 0) is 48.3 Å². The van der Waals surface area contributed by atoms with Crippen molar-refractivity contribution in [1.82, 2.24) is 9.97 Å². The molecule has 0 aliphatic rings. The molecule has 0 fully saturated rings. The first-order chi connectivity index (χ1) is 8.63. The lowest BCUT2D eigenvalue weighted by atomic mass is 10.2. The van der Waals surface area contributed by atoms with Crippen LogP contribution in [0.25, 0.3) is 11.0 Å². The van der Waals surface area contributed by atoms with Gasteiger partial charge in [0.15, 0.2) is 0 Å². The van der Waals surface area contributed by atoms with Gasteiger partial charge in [0, 0.05) is 29.5 Å². The van der Waals surface area contributed by atoms with Gasteiger partial charge in [-0.3, -0.25) is 9.97 Å². The average Bonchev–Trinajstić information content (AvgIpc) is 2.34. The zero-order valence-corrected chi connectivity index (χ0v) is 12.6. The molecule has 4 heteroatoms. The van der Waals surface area contributed by atoms with Crippen LogP contribution in [0, 0.1) is 0 Å². The predicted molar refractivity (Wildman–Crippen MR) is 80.0 cm³/mol. The normalized spacial score (nSPS) is 11.2. The van der Waals surface area contributed by atoms with Crippen LogP contribution in [0.1, 0.15) is 27.2 Å². The summed E-state index contributed by atoms with van der Waals surface area (Å²) in [6.07, 6.45) is 4.81. The van der Waals surface area contributed by atoms with Crippen molar-refractivity contribution in [3.8, 4) is 0 Å². The van der Waals surface area contributed by atoms with Gasteiger partial charge in [-0.25, -0.2) is 0 Å². The van der Waals surface area contributed by atoms with E-state index in [1.165, 1.54) is 5.69 Å². The van der Waals surface area contributed by atoms with Crippen molar-refractivity contribution < 1.29 is 0 Å². The standard InChI is InChI=1S/C14H18BrN3/c1-4-7-18(10(2)3)13-5-6-16-12-8-11(15)9-17-14(12)13/h5-6,8-10H,4,7H2,1-3H3. The minimum atomic E-state index is 0.459. The third-order valence-corrected chi connectivity index (χ3v) is 3.35. The van der Waals surface area contributed by atoms with Crippen molar-refractivity contribution in [3.05, 3.63) is 29.0 Å². The van der Waals surface area contributed by atoms with Gasteiger partial charge in [0.25, 0.3) is 0 Å². The quantitative estimate of drug-likeness (QED) is 0.854. The highest BCUT2D eigenvalue weighted by Gasteiger charge is 2.14. The maximum Gasteiger partial charge on any atom is 0.112 e. The van der Waals surface area contributed by atoms with Gasteiger partial charge in [0.2, 0.25) is 0 Å². The molecule has 3 nitrogen and oxygen atoms in total. The summed E-state index contributed by atoms with van der Waals surface area (Å²) in [5.74, 6) is 0. The van der Waals surface area contributed by atoms with E-state index in [0.29, 0.717) is 6.04 Å². The highest BCUT2D eigenvalue weighted by Crippen LogP contribution is 2.26. The summed E-state index contributed by atoms with van der Waals surface area (Å²) in [5.41, 5.74) is 3.08. The van der Waals surface area contributed by atoms with Crippen LogP contribution in [0.2, 0.25) is 0 Å². The molecule has 0 unspecified atom stereocenters. The number of pyridine rings is 2. The molecule has 0 atom stereocenters. The Morgan fingerprint density at radius 1 is 1.33 bits per heavy atom. The Balaban J connectivity index is 2.55. The molecule has 2 rings (SSSR count). The first-order valence-electron chi connectivity index (χ1n) is 6.30. The van der Waals surface area contributed by atoms with Crippen molar-refractivity contribution in [2.75, 3.05) is 11.4 Å². The van der Waals surface area contributed by atoms with Crippen molar-refractivity contribution in [1.29, 1.82) is 0 Å². The van der Waals surface area contributed by atoms with Gasteiger partial charge >= 0.3 is 0 Å². The first kappa shape index (κ1) is 13.3. The average molecular weight is 308 g/mol. The third kappa shape index (κ3) is 2.64. The van der Waals surface area contributed by atoms with Gasteiger partial charge in [-0.15, -0.1) is 0 Å². The van der Waals surface area contributed by atoms with E-state index in [1.807, 2.05) is 18.5 Å². The van der Waals surface area contributed by atoms with Crippen LogP contribution in [0.15, 0.2) is 29.0 Å². The summed E-state index contributed by atoms with van der Waals surface area (Å²) >= 11 is 3.44. The van der Waals surface area contributed by atoms with Crippen LogP contribution in [0.5, 0.6) is 0 Å². The fourth-order valence-electron chi connectivity index (χ4n) is 2.12. The first-order valence-corrected chi connectivity index (χ1v) is 7.09. The fraction of sp³-hybridized carbons (Fsp3) is 0.429. The monoisotopic (exact) mass is 307 g/mol. The molecule has 0 N–H and O–H groups in total. The minimum Gasteiger partial charge on any atom is -0.367 e. The van der Waals surface area contributed by atoms with Crippen molar-refractivity contribution in [2.24, 2.45) is 0 Å². The predicted octanol–water partition coefficient (Wildman–Crippen LogP) is 4.02. The molecule has 0 aliphatic carbocycles. The van der Waals surface area contributed by atoms with Crippen LogP contribution in [-0.2, 0) is 0 Å². The lowest BCUT2D eigenvalue weighted by molar-refractivity contribution is 0.672. The summed E-state index contributed by atoms with van der Waals surface area (Å²) in [5, 5.41) is 0. The minimum absolute atomic E-state index is 0.459. The van der Waals surface area contributed by atoms with E-state index in [9.17, 15) is 0 Å². The number of hydrogen-bond acceptors (Lipinski definition) is 3. The van der Waals surface area contributed by atoms with E-state index >= 15 is 0 Å². The molecular weight excluding hydrogens is 290 g/mol. The summed E-state index contributed by atoms with van der Waals surface area (Å²) < 4.78 is 0.964. The molecule has 0 aliphatic heterocycles. The van der Waals surface area contributed by atoms with Gasteiger partial charge in [-0.2, -0.15) is 0 Å². The maximum absolute atomic E-state index is 4.52. The molecule has 96 valence electrons. The van der Waals surface area contributed by atoms with E-state index < -0.39 is 0 Å². The summed E-state index contributed by atoms with van der Waals surface area (Å²) in [6.45, 7) is 7.65. The molecule has 2 aromatic heterocycles. The fourth-order valence-corrected chi connectivity index (χ4v) is 2.44. The van der Waals surface area contributed by atoms with E-state index in [0.717, 1.165) is 28.5 Å². The number of nitrogens with zero attached hydrogens (tertiary/aromatic N) is 3. The van der Waals surface area contributed by atoms with Crippen LogP contribution in [0.4, 0.5) is 5.69 Å². The molecule has 2 heterocycles. The number of anilines is 1. The van der Waals surface area contributed by atoms with Crippen molar-refractivity contribution in [3.63, 3.8) is 0 Å². The van der Waals surface area contributed by atoms with Gasteiger partial charge in [0.1, 0.15) is 5.52 Å². The van der Waals surface area contributed by atoms with E-state index in [2.05, 4.69) is 57.6 Å². The molecule has 0 saturated heterocycles. The van der Waals surface area contributed by atoms with E-state index in [4.69, 9.17) is 0 Å². The topological polar surface area (TPSA) is 29.0 Å². The number of hydrogen-bond donors (Lipinski definition) is 0. The van der Waals surface area contributed by atoms with Crippen LogP contribution < -0.4 is 4.90 Å². The lowest BCUT2D eigenvalue weighted by Gasteiger charge is -2.29. The molecular formula is C14H18BrN3. The lowest BCUT2D eigenvalue weighted by Crippen LogP contribution is -2.31. The molecule has 0 saturated carbocycles. The second-order valence-corrected chi connectivity index (χ2v) is 5.55. The van der Waals surface area contributed by atoms with Gasteiger partial charge < -0.3 is 4.90 Å². The van der Waals surface area contributed by atoms with Gasteiger partial charge in [0.05, 0.1) is 11.2 Å². The molecule has 0 bridgehead atoms. The van der Waals surface area contributed by atoms with Gasteiger partial charge in [-0.1, -0.05) is 6.92 Å². The van der Waals surface area contributed by atoms with Crippen molar-refractivity contribution >= 4 is 32.7 Å². The van der Waals surface area contributed by atoms with Crippen LogP contribution in [-0.4, -0.2) is 22.6 Å². The zero-order chi connectivity index (χ0) is 13.1. The third-order valence-electron chi connectivity index (χ3n) is 2.92. The molecule has 2 aromatic rings. The largest absolute Gasteiger partial charge is 0.367 e. The molecule has 18 heavy (non-hydrogen) atoms. The highest BCUT2D eigenvalue weighted by atomic mass is 79.9. The summed E-state index contributed by atoms with van der Waals surface area (Å²) in [6, 6.07) is 4.52. The molecule has 0 amide bonds. The van der Waals surface area contributed by atoms with E-state index in [-0.39, 0.29) is 0 Å². The zero-order valence-electron chi connectivity index (χ0n) is 11.0. The number of rotatable bonds is 4. The van der Waals surface area contributed by atoms with Crippen molar-refractivity contribution in [2.45, 2.75) is 33.2 Å². The Morgan fingerprint density at radius 3 is 2.78 bits per heavy atom. The van der Waals surface area contributed by atoms with Crippen LogP contribution >= 0.6 is 15.9 Å². The summed E-state index contributed by atoms with van der Waals surface area (Å²) in [7, 11) is 0. The Kier molecular flexibility index (Phi) is 4.17. The smallest absolute Gasteiger partial charge is 0.112 e. The SMILES string of the molecule is CCCN(c1ccnc2cc(Br)cnc12)C(C)C. The van der Waals surface area contributed by atoms with Crippen LogP contribution in [0.3, 0.4) is 0 Å². The number of halogens is 1. The van der Waals surface area contributed by atoms with E-state index in [1.54, 1.807) is 0 Å². The Morgan fingerprint density at radius 2 is 2.11 bits per heavy atom.